The Morgan fingerprint density at radius 1 is 0.906 bits per heavy atom. The minimum absolute atomic E-state index is 0.0675. The zero-order chi connectivity index (χ0) is 22.7. The molecule has 0 saturated carbocycles. The van der Waals surface area contributed by atoms with Crippen molar-refractivity contribution in [1.82, 2.24) is 9.78 Å². The smallest absolute Gasteiger partial charge is 0.279 e. The molecular weight excluding hydrogens is 420 g/mol. The maximum atomic E-state index is 13.3. The summed E-state index contributed by atoms with van der Waals surface area (Å²) in [6.07, 6.45) is 3.43. The second-order valence-electron chi connectivity index (χ2n) is 8.62. The highest BCUT2D eigenvalue weighted by molar-refractivity contribution is 6.30. The van der Waals surface area contributed by atoms with E-state index < -0.39 is 0 Å². The molecule has 4 rings (SSSR count). The maximum Gasteiger partial charge on any atom is 0.279 e. The molecule has 0 radical (unpaired) electrons. The average molecular weight is 445 g/mol. The number of ether oxygens (including phenoxy) is 1. The minimum Gasteiger partial charge on any atom is -0.463 e. The summed E-state index contributed by atoms with van der Waals surface area (Å²) in [5, 5.41) is 4.90. The van der Waals surface area contributed by atoms with Crippen molar-refractivity contribution in [3.63, 3.8) is 0 Å². The topological polar surface area (TPSA) is 47.0 Å². The van der Waals surface area contributed by atoms with E-state index in [0.717, 1.165) is 11.3 Å². The zero-order valence-corrected chi connectivity index (χ0v) is 19.1. The van der Waals surface area contributed by atoms with Gasteiger partial charge >= 0.3 is 0 Å². The fourth-order valence-corrected chi connectivity index (χ4v) is 3.47. The molecule has 0 atom stereocenters. The van der Waals surface area contributed by atoms with Gasteiger partial charge in [0.1, 0.15) is 17.4 Å². The van der Waals surface area contributed by atoms with Crippen LogP contribution in [0.1, 0.15) is 31.9 Å². The van der Waals surface area contributed by atoms with Crippen LogP contribution in [-0.4, -0.2) is 9.78 Å². The number of rotatable bonds is 4. The van der Waals surface area contributed by atoms with Gasteiger partial charge in [0.25, 0.3) is 5.56 Å². The van der Waals surface area contributed by atoms with Crippen LogP contribution in [0, 0.1) is 0 Å². The number of halogens is 1. The van der Waals surface area contributed by atoms with E-state index in [1.54, 1.807) is 30.5 Å². The van der Waals surface area contributed by atoms with Gasteiger partial charge in [-0.15, -0.1) is 0 Å². The van der Waals surface area contributed by atoms with Crippen molar-refractivity contribution >= 4 is 23.9 Å². The minimum atomic E-state index is -0.151. The Hall–Kier alpha value is -3.50. The molecule has 1 aromatic heterocycles. The fraction of sp³-hybridized carbons (Fsp3) is 0.148. The van der Waals surface area contributed by atoms with Crippen molar-refractivity contribution in [2.24, 2.45) is 0 Å². The van der Waals surface area contributed by atoms with Gasteiger partial charge in [-0.1, -0.05) is 74.8 Å². The monoisotopic (exact) mass is 444 g/mol. The molecule has 0 amide bonds. The van der Waals surface area contributed by atoms with Gasteiger partial charge in [-0.3, -0.25) is 9.89 Å². The number of H-pyrrole nitrogens is 1. The molecule has 0 fully saturated rings. The van der Waals surface area contributed by atoms with Crippen LogP contribution in [0.15, 0.2) is 83.7 Å². The highest BCUT2D eigenvalue weighted by atomic mass is 35.5. The lowest BCUT2D eigenvalue weighted by atomic mass is 9.87. The Kier molecular flexibility index (Phi) is 6.06. The normalized spacial score (nSPS) is 12.9. The first-order valence-electron chi connectivity index (χ1n) is 10.4. The Bertz CT molecular complexity index is 1380. The second kappa shape index (κ2) is 8.93. The Morgan fingerprint density at radius 3 is 2.19 bits per heavy atom. The van der Waals surface area contributed by atoms with Gasteiger partial charge in [0, 0.05) is 5.02 Å². The van der Waals surface area contributed by atoms with Crippen LogP contribution in [0.25, 0.3) is 18.0 Å². The molecule has 32 heavy (non-hydrogen) atoms. The van der Waals surface area contributed by atoms with Gasteiger partial charge in [-0.25, -0.2) is 4.68 Å². The van der Waals surface area contributed by atoms with Crippen molar-refractivity contribution in [2.75, 3.05) is 0 Å². The summed E-state index contributed by atoms with van der Waals surface area (Å²) in [5.74, 6) is 0.628. The summed E-state index contributed by atoms with van der Waals surface area (Å²) in [4.78, 5) is 13.3. The van der Waals surface area contributed by atoms with E-state index >= 15 is 0 Å². The Labute approximate surface area is 192 Å². The molecule has 3 aromatic carbocycles. The molecule has 5 heteroatoms. The van der Waals surface area contributed by atoms with E-state index in [-0.39, 0.29) is 11.0 Å². The number of nitrogens with zero attached hydrogens (tertiary/aromatic N) is 1. The van der Waals surface area contributed by atoms with Crippen LogP contribution < -0.4 is 20.9 Å². The lowest BCUT2D eigenvalue weighted by molar-refractivity contribution is 0.537. The summed E-state index contributed by atoms with van der Waals surface area (Å²) < 4.78 is 7.33. The molecule has 0 aliphatic rings. The number of nitrogens with one attached hydrogen (secondary N) is 1. The van der Waals surface area contributed by atoms with E-state index in [1.807, 2.05) is 48.5 Å². The highest BCUT2D eigenvalue weighted by Crippen LogP contribution is 2.22. The molecule has 0 aliphatic carbocycles. The van der Waals surface area contributed by atoms with Crippen LogP contribution in [-0.2, 0) is 5.41 Å². The summed E-state index contributed by atoms with van der Waals surface area (Å²) in [7, 11) is 0. The lowest BCUT2D eigenvalue weighted by Crippen LogP contribution is -2.35. The second-order valence-corrected chi connectivity index (χ2v) is 9.06. The van der Waals surface area contributed by atoms with Crippen LogP contribution in [0.3, 0.4) is 0 Å². The van der Waals surface area contributed by atoms with Gasteiger partial charge in [0.2, 0.25) is 0 Å². The third-order valence-electron chi connectivity index (χ3n) is 5.18. The number of aromatic amines is 1. The van der Waals surface area contributed by atoms with Crippen molar-refractivity contribution in [3.05, 3.63) is 116 Å². The molecule has 0 unspecified atom stereocenters. The van der Waals surface area contributed by atoms with Crippen LogP contribution >= 0.6 is 11.6 Å². The van der Waals surface area contributed by atoms with Gasteiger partial charge in [-0.05, 0) is 59.0 Å². The van der Waals surface area contributed by atoms with E-state index in [9.17, 15) is 4.79 Å². The molecule has 4 aromatic rings. The summed E-state index contributed by atoms with van der Waals surface area (Å²) >= 11 is 5.95. The summed E-state index contributed by atoms with van der Waals surface area (Å²) in [5.41, 5.74) is 2.85. The molecule has 4 nitrogen and oxygen atoms in total. The van der Waals surface area contributed by atoms with Gasteiger partial charge in [0.05, 0.1) is 10.9 Å². The van der Waals surface area contributed by atoms with Crippen molar-refractivity contribution in [1.29, 1.82) is 0 Å². The number of para-hydroxylation sites is 1. The molecule has 0 saturated heterocycles. The third-order valence-corrected chi connectivity index (χ3v) is 5.44. The van der Waals surface area contributed by atoms with E-state index in [2.05, 4.69) is 38.0 Å². The van der Waals surface area contributed by atoms with E-state index in [1.165, 1.54) is 10.2 Å². The van der Waals surface area contributed by atoms with Gasteiger partial charge in [-0.2, -0.15) is 0 Å². The van der Waals surface area contributed by atoms with E-state index in [4.69, 9.17) is 16.3 Å². The first kappa shape index (κ1) is 21.7. The quantitative estimate of drug-likeness (QED) is 0.493. The molecular formula is C27H25ClN2O2. The lowest BCUT2D eigenvalue weighted by Gasteiger charge is -2.18. The number of aromatic nitrogens is 2. The van der Waals surface area contributed by atoms with Crippen LogP contribution in [0.5, 0.6) is 5.75 Å². The predicted octanol–water partition coefficient (Wildman–Crippen LogP) is 4.76. The highest BCUT2D eigenvalue weighted by Gasteiger charge is 2.13. The van der Waals surface area contributed by atoms with E-state index in [0.29, 0.717) is 21.3 Å². The first-order chi connectivity index (χ1) is 15.3. The van der Waals surface area contributed by atoms with Crippen LogP contribution in [0.4, 0.5) is 0 Å². The third kappa shape index (κ3) is 4.87. The fourth-order valence-electron chi connectivity index (χ4n) is 3.34. The molecule has 162 valence electrons. The average Bonchev–Trinajstić information content (AvgIpc) is 3.09. The summed E-state index contributed by atoms with van der Waals surface area (Å²) in [6.45, 7) is 6.53. The predicted molar refractivity (Wildman–Crippen MR) is 131 cm³/mol. The largest absolute Gasteiger partial charge is 0.463 e. The van der Waals surface area contributed by atoms with Crippen molar-refractivity contribution < 1.29 is 4.74 Å². The first-order valence-corrected chi connectivity index (χ1v) is 10.8. The van der Waals surface area contributed by atoms with Crippen molar-refractivity contribution in [3.8, 4) is 11.4 Å². The Balaban J connectivity index is 1.83. The SMILES string of the molecule is CC(C)(C)c1ccc(/C=c2/c(=O)n(-c3ccccc3)[nH]/c2=C\Oc2ccc(Cl)cc2)cc1. The number of hydrogen-bond donors (Lipinski definition) is 1. The maximum absolute atomic E-state index is 13.3. The molecule has 0 aliphatic heterocycles. The molecule has 1 heterocycles. The molecule has 0 bridgehead atoms. The van der Waals surface area contributed by atoms with Crippen LogP contribution in [0.2, 0.25) is 5.02 Å². The van der Waals surface area contributed by atoms with Crippen molar-refractivity contribution in [2.45, 2.75) is 26.2 Å². The standard InChI is InChI=1S/C27H25ClN2O2/c1-27(2,3)20-11-9-19(10-12-20)17-24-25(18-32-23-15-13-21(28)14-16-23)29-30(26(24)31)22-7-5-4-6-8-22/h4-18,29H,1-3H3/b24-17+,25-18-. The summed E-state index contributed by atoms with van der Waals surface area (Å²) in [6, 6.07) is 24.8. The van der Waals surface area contributed by atoms with Gasteiger partial charge in [0.15, 0.2) is 0 Å². The number of benzene rings is 3. The zero-order valence-electron chi connectivity index (χ0n) is 18.3. The van der Waals surface area contributed by atoms with Gasteiger partial charge < -0.3 is 4.74 Å². The molecule has 0 spiro atoms. The molecule has 1 N–H and O–H groups in total. The number of hydrogen-bond acceptors (Lipinski definition) is 2. The Morgan fingerprint density at radius 2 is 1.56 bits per heavy atom.